The van der Waals surface area contributed by atoms with E-state index >= 15 is 0 Å². The van der Waals surface area contributed by atoms with E-state index in [-0.39, 0.29) is 6.23 Å². The van der Waals surface area contributed by atoms with Crippen LogP contribution in [0, 0.1) is 0 Å². The van der Waals surface area contributed by atoms with E-state index in [9.17, 15) is 0 Å². The van der Waals surface area contributed by atoms with Gasteiger partial charge in [0.1, 0.15) is 6.23 Å². The molecule has 0 bridgehead atoms. The van der Waals surface area contributed by atoms with Crippen LogP contribution in [-0.2, 0) is 4.74 Å². The summed E-state index contributed by atoms with van der Waals surface area (Å²) in [5.41, 5.74) is 5.52. The van der Waals surface area contributed by atoms with Crippen molar-refractivity contribution in [1.29, 1.82) is 0 Å². The fourth-order valence-corrected chi connectivity index (χ4v) is 3.56. The maximum atomic E-state index is 5.91. The van der Waals surface area contributed by atoms with E-state index in [1.165, 1.54) is 103 Å². The minimum atomic E-state index is 0.216. The average Bonchev–Trinajstić information content (AvgIpc) is 2.69. The lowest BCUT2D eigenvalue weighted by molar-refractivity contribution is 0.0251. The summed E-state index contributed by atoms with van der Waals surface area (Å²) in [5.74, 6) is 0. The van der Waals surface area contributed by atoms with Crippen LogP contribution in [0.2, 0.25) is 0 Å². The molecule has 3 nitrogen and oxygen atoms in total. The molecular weight excluding hydrogens is 332 g/mol. The second-order valence-corrected chi connectivity index (χ2v) is 8.17. The van der Waals surface area contributed by atoms with E-state index in [0.717, 1.165) is 32.5 Å². The summed E-state index contributed by atoms with van der Waals surface area (Å²) >= 11 is 0. The first-order chi connectivity index (χ1) is 13.3. The van der Waals surface area contributed by atoms with Gasteiger partial charge in [0, 0.05) is 6.61 Å². The molecule has 0 heterocycles. The van der Waals surface area contributed by atoms with Gasteiger partial charge >= 0.3 is 0 Å². The fraction of sp³-hybridized carbons (Fsp3) is 1.00. The monoisotopic (exact) mass is 384 g/mol. The Hall–Kier alpha value is -0.120. The molecule has 27 heavy (non-hydrogen) atoms. The molecule has 0 spiro atoms. The van der Waals surface area contributed by atoms with Crippen LogP contribution in [-0.4, -0.2) is 25.9 Å². The van der Waals surface area contributed by atoms with Crippen molar-refractivity contribution >= 4 is 0 Å². The molecule has 0 fully saturated rings. The molecule has 0 aliphatic heterocycles. The molecule has 0 aromatic heterocycles. The van der Waals surface area contributed by atoms with Gasteiger partial charge in [-0.05, 0) is 32.4 Å². The van der Waals surface area contributed by atoms with Crippen LogP contribution < -0.4 is 11.1 Å². The van der Waals surface area contributed by atoms with Crippen molar-refractivity contribution < 1.29 is 4.74 Å². The zero-order valence-corrected chi connectivity index (χ0v) is 18.9. The van der Waals surface area contributed by atoms with Crippen molar-refractivity contribution in [3.63, 3.8) is 0 Å². The summed E-state index contributed by atoms with van der Waals surface area (Å²) in [6, 6.07) is 0. The van der Waals surface area contributed by atoms with E-state index in [1.54, 1.807) is 0 Å². The van der Waals surface area contributed by atoms with Crippen molar-refractivity contribution in [2.45, 2.75) is 136 Å². The quantitative estimate of drug-likeness (QED) is 0.148. The first kappa shape index (κ1) is 26.9. The van der Waals surface area contributed by atoms with Gasteiger partial charge in [0.15, 0.2) is 0 Å². The van der Waals surface area contributed by atoms with Gasteiger partial charge in [-0.1, -0.05) is 110 Å². The maximum Gasteiger partial charge on any atom is 0.107 e. The predicted octanol–water partition coefficient (Wildman–Crippen LogP) is 6.94. The third-order valence-corrected chi connectivity index (χ3v) is 5.44. The van der Waals surface area contributed by atoms with Gasteiger partial charge in [0.25, 0.3) is 0 Å². The topological polar surface area (TPSA) is 47.3 Å². The van der Waals surface area contributed by atoms with Gasteiger partial charge in [0.2, 0.25) is 0 Å². The molecule has 164 valence electrons. The molecule has 0 saturated carbocycles. The predicted molar refractivity (Wildman–Crippen MR) is 121 cm³/mol. The SMILES string of the molecule is CCCCCCCCCCCCCCCCCCOC(CC)NCCCN. The van der Waals surface area contributed by atoms with E-state index in [1.807, 2.05) is 0 Å². The molecule has 0 rings (SSSR count). The molecule has 0 aliphatic rings. The summed E-state index contributed by atoms with van der Waals surface area (Å²) in [6.07, 6.45) is 24.9. The zero-order chi connectivity index (χ0) is 19.8. The molecule has 0 aromatic carbocycles. The molecule has 0 saturated heterocycles. The minimum Gasteiger partial charge on any atom is -0.363 e. The van der Waals surface area contributed by atoms with Crippen LogP contribution >= 0.6 is 0 Å². The molecule has 3 heteroatoms. The summed E-state index contributed by atoms with van der Waals surface area (Å²) < 4.78 is 5.91. The van der Waals surface area contributed by atoms with Crippen molar-refractivity contribution in [3.05, 3.63) is 0 Å². The normalized spacial score (nSPS) is 12.6. The van der Waals surface area contributed by atoms with Crippen LogP contribution in [0.1, 0.15) is 129 Å². The first-order valence-corrected chi connectivity index (χ1v) is 12.4. The molecule has 3 N–H and O–H groups in total. The molecule has 0 aliphatic carbocycles. The second kappa shape index (κ2) is 23.9. The summed E-state index contributed by atoms with van der Waals surface area (Å²) in [4.78, 5) is 0. The summed E-state index contributed by atoms with van der Waals surface area (Å²) in [7, 11) is 0. The third-order valence-electron chi connectivity index (χ3n) is 5.44. The molecule has 0 aromatic rings. The van der Waals surface area contributed by atoms with Crippen molar-refractivity contribution in [3.8, 4) is 0 Å². The highest BCUT2D eigenvalue weighted by atomic mass is 16.5. The number of ether oxygens (including phenoxy) is 1. The van der Waals surface area contributed by atoms with Crippen LogP contribution in [0.3, 0.4) is 0 Å². The fourth-order valence-electron chi connectivity index (χ4n) is 3.56. The Labute approximate surface area is 171 Å². The number of nitrogens with two attached hydrogens (primary N) is 1. The number of rotatable bonds is 23. The number of hydrogen-bond donors (Lipinski definition) is 2. The average molecular weight is 385 g/mol. The Morgan fingerprint density at radius 1 is 0.630 bits per heavy atom. The van der Waals surface area contributed by atoms with Gasteiger partial charge < -0.3 is 10.5 Å². The maximum absolute atomic E-state index is 5.91. The molecule has 1 unspecified atom stereocenters. The Balaban J connectivity index is 3.14. The van der Waals surface area contributed by atoms with Crippen LogP contribution in [0.5, 0.6) is 0 Å². The summed E-state index contributed by atoms with van der Waals surface area (Å²) in [5, 5.41) is 3.42. The number of nitrogens with one attached hydrogen (secondary N) is 1. The molecule has 0 amide bonds. The largest absolute Gasteiger partial charge is 0.363 e. The van der Waals surface area contributed by atoms with E-state index in [0.29, 0.717) is 0 Å². The standard InChI is InChI=1S/C24H52N2O/c1-3-5-6-7-8-9-10-11-12-13-14-15-16-17-18-19-23-27-24(4-2)26-22-20-21-25/h24,26H,3-23,25H2,1-2H3. The lowest BCUT2D eigenvalue weighted by atomic mass is 10.0. The second-order valence-electron chi connectivity index (χ2n) is 8.17. The first-order valence-electron chi connectivity index (χ1n) is 12.4. The molecule has 0 radical (unpaired) electrons. The van der Waals surface area contributed by atoms with Gasteiger partial charge in [0.05, 0.1) is 0 Å². The van der Waals surface area contributed by atoms with Crippen LogP contribution in [0.25, 0.3) is 0 Å². The highest BCUT2D eigenvalue weighted by Gasteiger charge is 2.04. The van der Waals surface area contributed by atoms with Crippen LogP contribution in [0.15, 0.2) is 0 Å². The summed E-state index contributed by atoms with van der Waals surface area (Å²) in [6.45, 7) is 7.08. The van der Waals surface area contributed by atoms with Gasteiger partial charge in [-0.15, -0.1) is 0 Å². The number of hydrogen-bond acceptors (Lipinski definition) is 3. The zero-order valence-electron chi connectivity index (χ0n) is 18.9. The number of unbranched alkanes of at least 4 members (excludes halogenated alkanes) is 15. The van der Waals surface area contributed by atoms with Gasteiger partial charge in [-0.2, -0.15) is 0 Å². The Kier molecular flexibility index (Phi) is 23.8. The van der Waals surface area contributed by atoms with E-state index in [4.69, 9.17) is 10.5 Å². The van der Waals surface area contributed by atoms with E-state index < -0.39 is 0 Å². The van der Waals surface area contributed by atoms with Gasteiger partial charge in [-0.3, -0.25) is 5.32 Å². The Bertz CT molecular complexity index is 261. The highest BCUT2D eigenvalue weighted by molar-refractivity contribution is 4.55. The van der Waals surface area contributed by atoms with Crippen LogP contribution in [0.4, 0.5) is 0 Å². The van der Waals surface area contributed by atoms with E-state index in [2.05, 4.69) is 19.2 Å². The smallest absolute Gasteiger partial charge is 0.107 e. The minimum absolute atomic E-state index is 0.216. The Morgan fingerprint density at radius 3 is 1.48 bits per heavy atom. The lowest BCUT2D eigenvalue weighted by Crippen LogP contribution is -2.33. The Morgan fingerprint density at radius 2 is 1.07 bits per heavy atom. The third kappa shape index (κ3) is 22.0. The van der Waals surface area contributed by atoms with Crippen molar-refractivity contribution in [1.82, 2.24) is 5.32 Å². The lowest BCUT2D eigenvalue weighted by Gasteiger charge is -2.17. The van der Waals surface area contributed by atoms with Gasteiger partial charge in [-0.25, -0.2) is 0 Å². The molecule has 1 atom stereocenters. The molecular formula is C24H52N2O. The van der Waals surface area contributed by atoms with Crippen molar-refractivity contribution in [2.75, 3.05) is 19.7 Å². The van der Waals surface area contributed by atoms with Crippen molar-refractivity contribution in [2.24, 2.45) is 5.73 Å². The highest BCUT2D eigenvalue weighted by Crippen LogP contribution is 2.13.